The fourth-order valence-corrected chi connectivity index (χ4v) is 0.102. The smallest absolute Gasteiger partial charge is 0.131 e. The zero-order valence-electron chi connectivity index (χ0n) is 4.31. The molecule has 0 rings (SSSR count). The highest BCUT2D eigenvalue weighted by Gasteiger charge is 2.10. The summed E-state index contributed by atoms with van der Waals surface area (Å²) < 4.78 is 0. The summed E-state index contributed by atoms with van der Waals surface area (Å²) in [6, 6.07) is 0. The highest BCUT2D eigenvalue weighted by molar-refractivity contribution is 6.16. The van der Waals surface area contributed by atoms with Crippen molar-refractivity contribution < 1.29 is 5.11 Å². The van der Waals surface area contributed by atoms with E-state index < -0.39 is 5.50 Å². The van der Waals surface area contributed by atoms with E-state index in [2.05, 4.69) is 0 Å². The lowest BCUT2D eigenvalue weighted by atomic mass is 9.80. The van der Waals surface area contributed by atoms with Gasteiger partial charge >= 0.3 is 0 Å². The number of aliphatic hydroxyl groups is 1. The molecule has 0 heterocycles. The first kappa shape index (κ1) is 6.58. The van der Waals surface area contributed by atoms with Gasteiger partial charge in [-0.25, -0.2) is 0 Å². The highest BCUT2D eigenvalue weighted by Crippen LogP contribution is 1.99. The van der Waals surface area contributed by atoms with Crippen molar-refractivity contribution in [3.8, 4) is 12.3 Å². The van der Waals surface area contributed by atoms with Crippen LogP contribution in [0.5, 0.6) is 0 Å². The van der Waals surface area contributed by atoms with E-state index in [-0.39, 0.29) is 0 Å². The standard InChI is InChI=1S/C5H7BO/c1-3-5(6,7)4-2/h1,7H,4H2,2H3. The van der Waals surface area contributed by atoms with Crippen LogP contribution in [0, 0.1) is 12.3 Å². The Hall–Kier alpha value is -0.415. The molecule has 2 radical (unpaired) electrons. The second kappa shape index (κ2) is 2.04. The fourth-order valence-electron chi connectivity index (χ4n) is 0.102. The lowest BCUT2D eigenvalue weighted by Gasteiger charge is -2.11. The summed E-state index contributed by atoms with van der Waals surface area (Å²) in [5.41, 5.74) is -1.39. The van der Waals surface area contributed by atoms with E-state index in [1.165, 1.54) is 0 Å². The quantitative estimate of drug-likeness (QED) is 0.355. The molecule has 0 aliphatic rings. The first-order chi connectivity index (χ1) is 3.12. The zero-order chi connectivity index (χ0) is 5.91. The predicted molar refractivity (Wildman–Crippen MR) is 29.8 cm³/mol. The Morgan fingerprint density at radius 3 is 2.43 bits per heavy atom. The molecular formula is C5H7BO. The monoisotopic (exact) mass is 94.1 g/mol. The summed E-state index contributed by atoms with van der Waals surface area (Å²) in [6.07, 6.45) is 5.18. The molecule has 0 bridgehead atoms. The molecule has 0 aromatic rings. The topological polar surface area (TPSA) is 20.2 Å². The molecule has 2 heteroatoms. The van der Waals surface area contributed by atoms with Crippen molar-refractivity contribution in [3.63, 3.8) is 0 Å². The van der Waals surface area contributed by atoms with Crippen molar-refractivity contribution in [3.05, 3.63) is 0 Å². The van der Waals surface area contributed by atoms with Crippen LogP contribution >= 0.6 is 0 Å². The van der Waals surface area contributed by atoms with Crippen LogP contribution in [-0.4, -0.2) is 18.5 Å². The Morgan fingerprint density at radius 1 is 2.00 bits per heavy atom. The van der Waals surface area contributed by atoms with Crippen LogP contribution in [0.1, 0.15) is 13.3 Å². The molecule has 7 heavy (non-hydrogen) atoms. The summed E-state index contributed by atoms with van der Waals surface area (Å²) in [5.74, 6) is 2.02. The van der Waals surface area contributed by atoms with Crippen LogP contribution < -0.4 is 0 Å². The second-order valence-electron chi connectivity index (χ2n) is 1.42. The molecule has 0 aromatic carbocycles. The van der Waals surface area contributed by atoms with E-state index in [1.54, 1.807) is 6.92 Å². The normalized spacial score (nSPS) is 17.3. The van der Waals surface area contributed by atoms with Crippen molar-refractivity contribution in [1.82, 2.24) is 0 Å². The van der Waals surface area contributed by atoms with E-state index in [9.17, 15) is 0 Å². The van der Waals surface area contributed by atoms with Gasteiger partial charge in [-0.15, -0.1) is 6.42 Å². The number of terminal acetylenes is 1. The van der Waals surface area contributed by atoms with Crippen LogP contribution in [0.25, 0.3) is 0 Å². The Morgan fingerprint density at radius 2 is 2.43 bits per heavy atom. The third-order valence-corrected chi connectivity index (χ3v) is 0.789. The molecule has 36 valence electrons. The summed E-state index contributed by atoms with van der Waals surface area (Å²) in [4.78, 5) is 0. The molecule has 0 saturated carbocycles. The van der Waals surface area contributed by atoms with Gasteiger partial charge in [0.05, 0.1) is 5.50 Å². The largest absolute Gasteiger partial charge is 0.388 e. The van der Waals surface area contributed by atoms with Gasteiger partial charge in [0.2, 0.25) is 0 Å². The summed E-state index contributed by atoms with van der Waals surface area (Å²) in [7, 11) is 5.03. The minimum absolute atomic E-state index is 0.392. The van der Waals surface area contributed by atoms with Crippen LogP contribution in [0.4, 0.5) is 0 Å². The summed E-state index contributed by atoms with van der Waals surface area (Å²) >= 11 is 0. The average molecular weight is 93.9 g/mol. The molecule has 0 spiro atoms. The Bertz CT molecular complexity index is 90.7. The van der Waals surface area contributed by atoms with Crippen molar-refractivity contribution in [2.75, 3.05) is 0 Å². The van der Waals surface area contributed by atoms with Crippen molar-refractivity contribution in [1.29, 1.82) is 0 Å². The molecule has 0 saturated heterocycles. The third kappa shape index (κ3) is 2.30. The van der Waals surface area contributed by atoms with E-state index in [4.69, 9.17) is 19.4 Å². The molecule has 0 aliphatic heterocycles. The molecular weight excluding hydrogens is 86.9 g/mol. The number of hydrogen-bond donors (Lipinski definition) is 1. The minimum atomic E-state index is -1.39. The van der Waals surface area contributed by atoms with E-state index in [0.29, 0.717) is 6.42 Å². The first-order valence-corrected chi connectivity index (χ1v) is 2.11. The maximum absolute atomic E-state index is 8.67. The molecule has 0 amide bonds. The maximum Gasteiger partial charge on any atom is 0.131 e. The molecule has 1 atom stereocenters. The van der Waals surface area contributed by atoms with Gasteiger partial charge in [-0.3, -0.25) is 0 Å². The SMILES string of the molecule is [B]C(O)(C#C)CC. The van der Waals surface area contributed by atoms with Gasteiger partial charge in [0, 0.05) is 0 Å². The Balaban J connectivity index is 3.66. The molecule has 1 N–H and O–H groups in total. The molecule has 0 aromatic heterocycles. The average Bonchev–Trinajstić information content (AvgIpc) is 1.68. The van der Waals surface area contributed by atoms with Crippen LogP contribution in [0.3, 0.4) is 0 Å². The lowest BCUT2D eigenvalue weighted by Crippen LogP contribution is -2.24. The summed E-state index contributed by atoms with van der Waals surface area (Å²) in [5, 5.41) is 8.67. The predicted octanol–water partition coefficient (Wildman–Crippen LogP) is -0.113. The number of hydrogen-bond acceptors (Lipinski definition) is 1. The van der Waals surface area contributed by atoms with Gasteiger partial charge in [-0.2, -0.15) is 0 Å². The van der Waals surface area contributed by atoms with Gasteiger partial charge in [0.25, 0.3) is 0 Å². The van der Waals surface area contributed by atoms with Crippen LogP contribution in [0.2, 0.25) is 0 Å². The Labute approximate surface area is 45.1 Å². The number of rotatable bonds is 1. The van der Waals surface area contributed by atoms with Gasteiger partial charge in [-0.1, -0.05) is 12.8 Å². The van der Waals surface area contributed by atoms with Gasteiger partial charge in [-0.05, 0) is 6.42 Å². The molecule has 0 aliphatic carbocycles. The zero-order valence-corrected chi connectivity index (χ0v) is 4.31. The van der Waals surface area contributed by atoms with Crippen LogP contribution in [-0.2, 0) is 0 Å². The first-order valence-electron chi connectivity index (χ1n) is 2.11. The highest BCUT2D eigenvalue weighted by atomic mass is 16.3. The molecule has 0 fully saturated rings. The molecule has 1 nitrogen and oxygen atoms in total. The maximum atomic E-state index is 8.67. The molecule has 1 unspecified atom stereocenters. The van der Waals surface area contributed by atoms with Gasteiger partial charge < -0.3 is 5.11 Å². The van der Waals surface area contributed by atoms with E-state index in [0.717, 1.165) is 0 Å². The van der Waals surface area contributed by atoms with Gasteiger partial charge in [0.15, 0.2) is 0 Å². The third-order valence-electron chi connectivity index (χ3n) is 0.789. The van der Waals surface area contributed by atoms with E-state index >= 15 is 0 Å². The Kier molecular flexibility index (Phi) is 1.92. The van der Waals surface area contributed by atoms with E-state index in [1.807, 2.05) is 5.92 Å². The van der Waals surface area contributed by atoms with Crippen molar-refractivity contribution in [2.45, 2.75) is 18.8 Å². The van der Waals surface area contributed by atoms with Crippen LogP contribution in [0.15, 0.2) is 0 Å². The van der Waals surface area contributed by atoms with Crippen molar-refractivity contribution in [2.24, 2.45) is 0 Å². The van der Waals surface area contributed by atoms with Gasteiger partial charge in [0.1, 0.15) is 7.85 Å². The minimum Gasteiger partial charge on any atom is -0.388 e. The summed E-state index contributed by atoms with van der Waals surface area (Å²) in [6.45, 7) is 1.72. The second-order valence-corrected chi connectivity index (χ2v) is 1.42. The van der Waals surface area contributed by atoms with Crippen molar-refractivity contribution >= 4 is 7.85 Å². The fraction of sp³-hybridized carbons (Fsp3) is 0.600. The lowest BCUT2D eigenvalue weighted by molar-refractivity contribution is 0.184.